The van der Waals surface area contributed by atoms with Gasteiger partial charge in [0.05, 0.1) is 0 Å². The Morgan fingerprint density at radius 1 is 1.11 bits per heavy atom. The molecule has 2 aromatic carbocycles. The maximum atomic E-state index is 13.8. The molecule has 0 aliphatic heterocycles. The highest BCUT2D eigenvalue weighted by Crippen LogP contribution is 2.50. The third kappa shape index (κ3) is 4.24. The van der Waals surface area contributed by atoms with Gasteiger partial charge < -0.3 is 0 Å². The summed E-state index contributed by atoms with van der Waals surface area (Å²) in [5, 5.41) is 0.745. The summed E-state index contributed by atoms with van der Waals surface area (Å²) < 4.78 is 13.8. The Kier molecular flexibility index (Phi) is 4.77. The van der Waals surface area contributed by atoms with Crippen LogP contribution in [0.25, 0.3) is 10.9 Å². The van der Waals surface area contributed by atoms with Crippen LogP contribution in [0.2, 0.25) is 0 Å². The maximum absolute atomic E-state index is 13.8. The molecule has 0 bridgehead atoms. The average Bonchev–Trinajstić information content (AvgIpc) is 3.39. The number of nitrogens with zero attached hydrogens (tertiary/aromatic N) is 1. The molecule has 1 atom stereocenters. The predicted molar refractivity (Wildman–Crippen MR) is 106 cm³/mol. The molecule has 3 aromatic rings. The lowest BCUT2D eigenvalue weighted by atomic mass is 9.83. The second-order valence-electron chi connectivity index (χ2n) is 8.20. The Hall–Kier alpha value is -2.55. The summed E-state index contributed by atoms with van der Waals surface area (Å²) in [6.45, 7) is 2.28. The van der Waals surface area contributed by atoms with Crippen LogP contribution in [-0.4, -0.2) is 10.8 Å². The lowest BCUT2D eigenvalue weighted by molar-refractivity contribution is -0.122. The Morgan fingerprint density at radius 3 is 2.63 bits per heavy atom. The number of pyridine rings is 1. The maximum Gasteiger partial charge on any atom is 0.149 e. The number of hydrogen-bond acceptors (Lipinski definition) is 2. The Balaban J connectivity index is 1.54. The fourth-order valence-corrected chi connectivity index (χ4v) is 3.82. The number of hydrogen-bond donors (Lipinski definition) is 0. The van der Waals surface area contributed by atoms with Gasteiger partial charge in [-0.15, -0.1) is 0 Å². The number of carbonyl (C=O) groups is 1. The van der Waals surface area contributed by atoms with Crippen LogP contribution < -0.4 is 0 Å². The van der Waals surface area contributed by atoms with Gasteiger partial charge in [-0.2, -0.15) is 0 Å². The van der Waals surface area contributed by atoms with Crippen LogP contribution >= 0.6 is 0 Å². The topological polar surface area (TPSA) is 30.0 Å². The van der Waals surface area contributed by atoms with Gasteiger partial charge >= 0.3 is 0 Å². The molecule has 1 aliphatic carbocycles. The molecule has 1 unspecified atom stereocenters. The molecule has 0 radical (unpaired) electrons. The van der Waals surface area contributed by atoms with Gasteiger partial charge in [-0.05, 0) is 54.4 Å². The number of carbonyl (C=O) groups excluding carboxylic acids is 1. The van der Waals surface area contributed by atoms with Gasteiger partial charge in [0.1, 0.15) is 17.1 Å². The van der Waals surface area contributed by atoms with E-state index < -0.39 is 0 Å². The van der Waals surface area contributed by atoms with Crippen LogP contribution in [0.3, 0.4) is 0 Å². The van der Waals surface area contributed by atoms with Gasteiger partial charge in [-0.25, -0.2) is 4.39 Å². The van der Waals surface area contributed by atoms with Crippen LogP contribution in [0.5, 0.6) is 0 Å². The fraction of sp³-hybridized carbons (Fsp3) is 0.333. The molecule has 4 rings (SSSR count). The van der Waals surface area contributed by atoms with Crippen molar-refractivity contribution in [3.8, 4) is 0 Å². The van der Waals surface area contributed by atoms with Crippen molar-refractivity contribution in [3.05, 3.63) is 77.7 Å². The number of rotatable bonds is 7. The summed E-state index contributed by atoms with van der Waals surface area (Å²) in [6, 6.07) is 17.1. The first-order chi connectivity index (χ1) is 13.0. The van der Waals surface area contributed by atoms with Crippen molar-refractivity contribution in [3.63, 3.8) is 0 Å². The molecule has 1 saturated carbocycles. The van der Waals surface area contributed by atoms with E-state index in [0.29, 0.717) is 17.4 Å². The van der Waals surface area contributed by atoms with Gasteiger partial charge in [0, 0.05) is 23.9 Å². The van der Waals surface area contributed by atoms with E-state index in [4.69, 9.17) is 0 Å². The molecule has 0 spiro atoms. The van der Waals surface area contributed by atoms with E-state index in [-0.39, 0.29) is 17.5 Å². The van der Waals surface area contributed by atoms with E-state index in [1.54, 1.807) is 12.3 Å². The number of para-hydroxylation sites is 1. The summed E-state index contributed by atoms with van der Waals surface area (Å²) in [6.07, 6.45) is 6.14. The number of Topliss-reactive ketones (excluding diaryl/α,β-unsaturated/α-hetero) is 1. The number of halogens is 1. The second-order valence-corrected chi connectivity index (χ2v) is 8.20. The van der Waals surface area contributed by atoms with Gasteiger partial charge in [0.2, 0.25) is 0 Å². The fourth-order valence-electron chi connectivity index (χ4n) is 3.82. The van der Waals surface area contributed by atoms with E-state index in [9.17, 15) is 9.18 Å². The van der Waals surface area contributed by atoms with E-state index in [0.717, 1.165) is 23.8 Å². The second kappa shape index (κ2) is 7.22. The molecule has 0 saturated heterocycles. The van der Waals surface area contributed by atoms with Crippen molar-refractivity contribution in [1.29, 1.82) is 0 Å². The van der Waals surface area contributed by atoms with Gasteiger partial charge in [-0.3, -0.25) is 9.78 Å². The quantitative estimate of drug-likeness (QED) is 0.553. The van der Waals surface area contributed by atoms with Crippen LogP contribution in [0.4, 0.5) is 4.39 Å². The zero-order valence-corrected chi connectivity index (χ0v) is 15.6. The molecule has 2 nitrogen and oxygen atoms in total. The normalized spacial score (nSPS) is 16.2. The number of aromatic nitrogens is 1. The highest BCUT2D eigenvalue weighted by Gasteiger charge is 2.40. The highest BCUT2D eigenvalue weighted by atomic mass is 19.1. The lowest BCUT2D eigenvalue weighted by Gasteiger charge is -2.20. The molecule has 1 fully saturated rings. The van der Waals surface area contributed by atoms with Gasteiger partial charge in [0.25, 0.3) is 0 Å². The van der Waals surface area contributed by atoms with Crippen LogP contribution in [0.15, 0.2) is 60.8 Å². The highest BCUT2D eigenvalue weighted by molar-refractivity contribution is 5.85. The lowest BCUT2D eigenvalue weighted by Crippen LogP contribution is -2.22. The van der Waals surface area contributed by atoms with Crippen LogP contribution in [0, 0.1) is 17.2 Å². The average molecular weight is 361 g/mol. The summed E-state index contributed by atoms with van der Waals surface area (Å²) >= 11 is 0. The van der Waals surface area contributed by atoms with Crippen molar-refractivity contribution < 1.29 is 9.18 Å². The minimum atomic E-state index is -0.325. The third-order valence-corrected chi connectivity index (χ3v) is 5.72. The number of benzene rings is 2. The van der Waals surface area contributed by atoms with E-state index >= 15 is 0 Å². The van der Waals surface area contributed by atoms with Crippen molar-refractivity contribution in [1.82, 2.24) is 4.98 Å². The van der Waals surface area contributed by atoms with Crippen LogP contribution in [0.1, 0.15) is 37.3 Å². The zero-order valence-electron chi connectivity index (χ0n) is 15.6. The first kappa shape index (κ1) is 17.8. The Morgan fingerprint density at radius 2 is 1.89 bits per heavy atom. The minimum Gasteiger partial charge on any atom is -0.299 e. The summed E-state index contributed by atoms with van der Waals surface area (Å²) in [4.78, 5) is 17.4. The van der Waals surface area contributed by atoms with Crippen molar-refractivity contribution in [2.24, 2.45) is 11.3 Å². The molecule has 1 aliphatic rings. The first-order valence-corrected chi connectivity index (χ1v) is 9.62. The van der Waals surface area contributed by atoms with Crippen LogP contribution in [-0.2, 0) is 17.6 Å². The third-order valence-electron chi connectivity index (χ3n) is 5.72. The Labute approximate surface area is 159 Å². The standard InChI is InChI=1S/C24H24FNO/c1-24(10-11-24)15-20(12-17-6-3-2-4-7-17)22(27)14-18-13-19-8-5-9-21(25)23(19)26-16-18/h2-9,13,16,20H,10-12,14-15H2,1H3. The largest absolute Gasteiger partial charge is 0.299 e. The molecular weight excluding hydrogens is 337 g/mol. The number of ketones is 1. The number of fused-ring (bicyclic) bond motifs is 1. The molecule has 1 aromatic heterocycles. The van der Waals surface area contributed by atoms with Crippen molar-refractivity contribution >= 4 is 16.7 Å². The summed E-state index contributed by atoms with van der Waals surface area (Å²) in [5.74, 6) is -0.0540. The monoisotopic (exact) mass is 361 g/mol. The van der Waals surface area contributed by atoms with E-state index in [2.05, 4.69) is 24.0 Å². The van der Waals surface area contributed by atoms with E-state index in [1.807, 2.05) is 30.3 Å². The molecule has 3 heteroatoms. The van der Waals surface area contributed by atoms with Gasteiger partial charge in [0.15, 0.2) is 0 Å². The molecule has 0 amide bonds. The molecule has 1 heterocycles. The minimum absolute atomic E-state index is 0.0168. The Bertz CT molecular complexity index is 963. The van der Waals surface area contributed by atoms with Gasteiger partial charge in [-0.1, -0.05) is 49.4 Å². The molecule has 138 valence electrons. The summed E-state index contributed by atoms with van der Waals surface area (Å²) in [5.41, 5.74) is 2.75. The van der Waals surface area contributed by atoms with Crippen molar-refractivity contribution in [2.45, 2.75) is 39.0 Å². The van der Waals surface area contributed by atoms with E-state index in [1.165, 1.54) is 24.5 Å². The SMILES string of the molecule is CC1(CC(Cc2ccccc2)C(=O)Cc2cnc3c(F)cccc3c2)CC1. The first-order valence-electron chi connectivity index (χ1n) is 9.62. The smallest absolute Gasteiger partial charge is 0.149 e. The summed E-state index contributed by atoms with van der Waals surface area (Å²) in [7, 11) is 0. The zero-order chi connectivity index (χ0) is 18.9. The molecular formula is C24H24FNO. The molecule has 0 N–H and O–H groups in total. The molecule has 27 heavy (non-hydrogen) atoms. The van der Waals surface area contributed by atoms with Crippen molar-refractivity contribution in [2.75, 3.05) is 0 Å². The predicted octanol–water partition coefficient (Wildman–Crippen LogP) is 5.53.